The molecule has 3 nitrogen and oxygen atoms in total. The molecule has 26 heavy (non-hydrogen) atoms. The number of rotatable bonds is 4. The van der Waals surface area contributed by atoms with Gasteiger partial charge in [-0.3, -0.25) is 4.79 Å². The topological polar surface area (TPSA) is 25.2 Å². The third-order valence-corrected chi connectivity index (χ3v) is 5.59. The second-order valence-electron chi connectivity index (χ2n) is 7.35. The van der Waals surface area contributed by atoms with Gasteiger partial charge >= 0.3 is 0 Å². The molecule has 2 heterocycles. The van der Waals surface area contributed by atoms with Gasteiger partial charge in [0.1, 0.15) is 5.69 Å². The number of carbonyl (C=O) groups is 1. The normalized spacial score (nSPS) is 16.3. The number of unbranched alkanes of at least 4 members (excludes halogenated alkanes) is 1. The number of aryl methyl sites for hydroxylation is 2. The molecule has 0 fully saturated rings. The molecule has 0 N–H and O–H groups in total. The SMILES string of the molecule is CCCCn1c(C(=O)N2c3ccccc3CC2C)c(C)c2ccccc21. The summed E-state index contributed by atoms with van der Waals surface area (Å²) in [6, 6.07) is 16.9. The highest BCUT2D eigenvalue weighted by molar-refractivity contribution is 6.11. The van der Waals surface area contributed by atoms with Crippen molar-refractivity contribution in [2.24, 2.45) is 0 Å². The van der Waals surface area contributed by atoms with Crippen molar-refractivity contribution in [1.82, 2.24) is 4.57 Å². The molecule has 0 bridgehead atoms. The fourth-order valence-corrected chi connectivity index (χ4v) is 4.29. The van der Waals surface area contributed by atoms with Crippen LogP contribution in [0.25, 0.3) is 10.9 Å². The molecule has 4 rings (SSSR count). The van der Waals surface area contributed by atoms with Gasteiger partial charge in [-0.15, -0.1) is 0 Å². The zero-order valence-corrected chi connectivity index (χ0v) is 15.8. The van der Waals surface area contributed by atoms with E-state index >= 15 is 0 Å². The molecular formula is C23H26N2O. The average molecular weight is 346 g/mol. The summed E-state index contributed by atoms with van der Waals surface area (Å²) in [5, 5.41) is 1.19. The minimum absolute atomic E-state index is 0.132. The summed E-state index contributed by atoms with van der Waals surface area (Å²) in [5.74, 6) is 0.132. The van der Waals surface area contributed by atoms with Gasteiger partial charge < -0.3 is 9.47 Å². The molecule has 0 spiro atoms. The number of nitrogens with zero attached hydrogens (tertiary/aromatic N) is 2. The van der Waals surface area contributed by atoms with Crippen LogP contribution in [0.15, 0.2) is 48.5 Å². The molecule has 1 aliphatic heterocycles. The number of benzene rings is 2. The molecular weight excluding hydrogens is 320 g/mol. The number of aromatic nitrogens is 1. The standard InChI is InChI=1S/C23H26N2O/c1-4-5-14-24-21-13-9-7-11-19(21)17(3)22(24)23(26)25-16(2)15-18-10-6-8-12-20(18)25/h6-13,16H,4-5,14-15H2,1-3H3. The first-order valence-corrected chi connectivity index (χ1v) is 9.62. The molecule has 0 saturated carbocycles. The maximum atomic E-state index is 13.7. The van der Waals surface area contributed by atoms with Crippen LogP contribution in [0.5, 0.6) is 0 Å². The van der Waals surface area contributed by atoms with E-state index in [1.165, 1.54) is 16.5 Å². The highest BCUT2D eigenvalue weighted by atomic mass is 16.2. The number of amides is 1. The number of hydrogen-bond donors (Lipinski definition) is 0. The molecule has 1 unspecified atom stereocenters. The fraction of sp³-hybridized carbons (Fsp3) is 0.348. The van der Waals surface area contributed by atoms with Gasteiger partial charge in [0.2, 0.25) is 0 Å². The van der Waals surface area contributed by atoms with Gasteiger partial charge in [0.15, 0.2) is 0 Å². The van der Waals surface area contributed by atoms with Crippen LogP contribution in [-0.2, 0) is 13.0 Å². The predicted molar refractivity (Wildman–Crippen MR) is 108 cm³/mol. The fourth-order valence-electron chi connectivity index (χ4n) is 4.29. The van der Waals surface area contributed by atoms with Crippen LogP contribution in [0.1, 0.15) is 48.3 Å². The number of hydrogen-bond acceptors (Lipinski definition) is 1. The summed E-state index contributed by atoms with van der Waals surface area (Å²) in [7, 11) is 0. The Balaban J connectivity index is 1.86. The zero-order chi connectivity index (χ0) is 18.3. The Morgan fingerprint density at radius 2 is 1.85 bits per heavy atom. The molecule has 3 aromatic rings. The van der Waals surface area contributed by atoms with E-state index in [0.29, 0.717) is 0 Å². The lowest BCUT2D eigenvalue weighted by Gasteiger charge is -2.24. The molecule has 0 saturated heterocycles. The molecule has 1 aliphatic rings. The van der Waals surface area contributed by atoms with E-state index in [1.54, 1.807) is 0 Å². The maximum Gasteiger partial charge on any atom is 0.275 e. The second kappa shape index (κ2) is 6.64. The predicted octanol–water partition coefficient (Wildman–Crippen LogP) is 5.34. The Morgan fingerprint density at radius 3 is 2.65 bits per heavy atom. The molecule has 1 amide bonds. The van der Waals surface area contributed by atoms with Crippen LogP contribution in [0.3, 0.4) is 0 Å². The molecule has 0 radical (unpaired) electrons. The Bertz CT molecular complexity index is 969. The van der Waals surface area contributed by atoms with E-state index in [1.807, 2.05) is 11.0 Å². The van der Waals surface area contributed by atoms with E-state index in [4.69, 9.17) is 0 Å². The quantitative estimate of drug-likeness (QED) is 0.626. The molecule has 1 aromatic heterocycles. The van der Waals surface area contributed by atoms with Crippen molar-refractivity contribution >= 4 is 22.5 Å². The first-order valence-electron chi connectivity index (χ1n) is 9.62. The lowest BCUT2D eigenvalue weighted by atomic mass is 10.1. The molecule has 0 aliphatic carbocycles. The minimum atomic E-state index is 0.132. The molecule has 1 atom stereocenters. The van der Waals surface area contributed by atoms with Crippen LogP contribution in [0.4, 0.5) is 5.69 Å². The van der Waals surface area contributed by atoms with Crippen molar-refractivity contribution in [2.75, 3.05) is 4.90 Å². The van der Waals surface area contributed by atoms with Crippen molar-refractivity contribution in [1.29, 1.82) is 0 Å². The van der Waals surface area contributed by atoms with Crippen LogP contribution >= 0.6 is 0 Å². The smallest absolute Gasteiger partial charge is 0.275 e. The Morgan fingerprint density at radius 1 is 1.12 bits per heavy atom. The minimum Gasteiger partial charge on any atom is -0.336 e. The zero-order valence-electron chi connectivity index (χ0n) is 15.8. The first kappa shape index (κ1) is 16.9. The Labute approximate surface area is 155 Å². The summed E-state index contributed by atoms with van der Waals surface area (Å²) in [6.07, 6.45) is 3.11. The Hall–Kier alpha value is -2.55. The Kier molecular flexibility index (Phi) is 4.31. The maximum absolute atomic E-state index is 13.7. The van der Waals surface area contributed by atoms with Gasteiger partial charge in [0.05, 0.1) is 0 Å². The van der Waals surface area contributed by atoms with Gasteiger partial charge in [0, 0.05) is 29.2 Å². The van der Waals surface area contributed by atoms with Crippen LogP contribution < -0.4 is 4.90 Å². The van der Waals surface area contributed by atoms with Crippen molar-refractivity contribution in [3.63, 3.8) is 0 Å². The summed E-state index contributed by atoms with van der Waals surface area (Å²) in [4.78, 5) is 15.7. The summed E-state index contributed by atoms with van der Waals surface area (Å²) < 4.78 is 2.24. The van der Waals surface area contributed by atoms with E-state index in [2.05, 4.69) is 67.8 Å². The summed E-state index contributed by atoms with van der Waals surface area (Å²) in [6.45, 7) is 7.31. The number of para-hydroxylation sites is 2. The van der Waals surface area contributed by atoms with E-state index in [9.17, 15) is 4.79 Å². The van der Waals surface area contributed by atoms with Crippen molar-refractivity contribution in [2.45, 2.75) is 52.6 Å². The van der Waals surface area contributed by atoms with Crippen molar-refractivity contribution in [3.05, 3.63) is 65.4 Å². The number of fused-ring (bicyclic) bond motifs is 2. The van der Waals surface area contributed by atoms with Gasteiger partial charge in [-0.05, 0) is 49.9 Å². The molecule has 134 valence electrons. The van der Waals surface area contributed by atoms with Gasteiger partial charge in [-0.2, -0.15) is 0 Å². The van der Waals surface area contributed by atoms with E-state index in [-0.39, 0.29) is 11.9 Å². The van der Waals surface area contributed by atoms with Crippen molar-refractivity contribution < 1.29 is 4.79 Å². The third kappa shape index (κ3) is 2.54. The molecule has 3 heteroatoms. The van der Waals surface area contributed by atoms with E-state index < -0.39 is 0 Å². The summed E-state index contributed by atoms with van der Waals surface area (Å²) in [5.41, 5.74) is 5.45. The second-order valence-corrected chi connectivity index (χ2v) is 7.35. The van der Waals surface area contributed by atoms with Crippen LogP contribution in [0, 0.1) is 6.92 Å². The number of anilines is 1. The van der Waals surface area contributed by atoms with Crippen LogP contribution in [-0.4, -0.2) is 16.5 Å². The third-order valence-electron chi connectivity index (χ3n) is 5.59. The monoisotopic (exact) mass is 346 g/mol. The van der Waals surface area contributed by atoms with E-state index in [0.717, 1.165) is 42.8 Å². The first-order chi connectivity index (χ1) is 12.6. The highest BCUT2D eigenvalue weighted by Gasteiger charge is 2.34. The van der Waals surface area contributed by atoms with Gasteiger partial charge in [-0.1, -0.05) is 49.7 Å². The van der Waals surface area contributed by atoms with Gasteiger partial charge in [0.25, 0.3) is 5.91 Å². The number of carbonyl (C=O) groups excluding carboxylic acids is 1. The van der Waals surface area contributed by atoms with Crippen molar-refractivity contribution in [3.8, 4) is 0 Å². The lowest BCUT2D eigenvalue weighted by molar-refractivity contribution is 0.0972. The highest BCUT2D eigenvalue weighted by Crippen LogP contribution is 2.35. The summed E-state index contributed by atoms with van der Waals surface area (Å²) >= 11 is 0. The lowest BCUT2D eigenvalue weighted by Crippen LogP contribution is -2.37. The largest absolute Gasteiger partial charge is 0.336 e. The average Bonchev–Trinajstić information content (AvgIpc) is 3.13. The van der Waals surface area contributed by atoms with Crippen LogP contribution in [0.2, 0.25) is 0 Å². The van der Waals surface area contributed by atoms with Gasteiger partial charge in [-0.25, -0.2) is 0 Å². The molecule has 2 aromatic carbocycles.